The molecule has 244 valence electrons. The predicted octanol–water partition coefficient (Wildman–Crippen LogP) is 4.17. The molecular weight excluding hydrogens is 580 g/mol. The van der Waals surface area contributed by atoms with Gasteiger partial charge in [0.05, 0.1) is 30.1 Å². The molecule has 2 fully saturated rings. The fraction of sp³-hybridized carbons (Fsp3) is 0.486. The van der Waals surface area contributed by atoms with Gasteiger partial charge < -0.3 is 29.4 Å². The number of hydrogen-bond donors (Lipinski definition) is 1. The molecule has 2 saturated heterocycles. The molecule has 1 unspecified atom stereocenters. The van der Waals surface area contributed by atoms with Crippen LogP contribution in [0.2, 0.25) is 0 Å². The van der Waals surface area contributed by atoms with Gasteiger partial charge in [-0.1, -0.05) is 68.5 Å². The lowest BCUT2D eigenvalue weighted by atomic mass is 9.73. The van der Waals surface area contributed by atoms with Gasteiger partial charge >= 0.3 is 0 Å². The maximum atomic E-state index is 14.8. The zero-order chi connectivity index (χ0) is 32.6. The zero-order valence-corrected chi connectivity index (χ0v) is 27.3. The fourth-order valence-electron chi connectivity index (χ4n) is 8.17. The van der Waals surface area contributed by atoms with Crippen molar-refractivity contribution in [2.24, 2.45) is 11.8 Å². The highest BCUT2D eigenvalue weighted by Crippen LogP contribution is 2.59. The first-order chi connectivity index (χ1) is 22.3. The minimum Gasteiger partial charge on any atom is -0.394 e. The lowest BCUT2D eigenvalue weighted by Crippen LogP contribution is -2.59. The molecule has 4 aliphatic rings. The molecule has 2 aromatic carbocycles. The Morgan fingerprint density at radius 3 is 2.20 bits per heavy atom. The van der Waals surface area contributed by atoms with Gasteiger partial charge in [0.1, 0.15) is 11.6 Å². The maximum absolute atomic E-state index is 14.8. The number of anilines is 2. The number of carbonyl (C=O) groups is 3. The molecule has 1 spiro atoms. The van der Waals surface area contributed by atoms with Crippen molar-refractivity contribution in [3.05, 3.63) is 84.5 Å². The van der Waals surface area contributed by atoms with Gasteiger partial charge in [0.2, 0.25) is 11.8 Å². The SMILES string of the molecule is CC[C@@H](CO)N1C(=O)[C@@H]2[C@H]3C(=O)N(Cc4ccccc4)CC=C[C@@]3(CC)O[C@@]23C=CCN(c2ccc(N(CC)CC)cc2)C(=O)C13. The molecular formula is C37H46N4O5. The monoisotopic (exact) mass is 626 g/mol. The summed E-state index contributed by atoms with van der Waals surface area (Å²) in [6, 6.07) is 16.1. The molecule has 0 aliphatic carbocycles. The van der Waals surface area contributed by atoms with Crippen LogP contribution in [-0.2, 0) is 25.7 Å². The molecule has 3 amide bonds. The molecule has 6 atom stereocenters. The lowest BCUT2D eigenvalue weighted by molar-refractivity contribution is -0.153. The first kappa shape index (κ1) is 32.0. The lowest BCUT2D eigenvalue weighted by Gasteiger charge is -2.40. The van der Waals surface area contributed by atoms with Gasteiger partial charge in [0.25, 0.3) is 5.91 Å². The molecule has 6 rings (SSSR count). The van der Waals surface area contributed by atoms with Gasteiger partial charge in [-0.2, -0.15) is 0 Å². The summed E-state index contributed by atoms with van der Waals surface area (Å²) in [6.45, 7) is 10.6. The minimum atomic E-state index is -1.37. The number of ether oxygens (including phenoxy) is 1. The Balaban J connectivity index is 1.43. The molecule has 4 heterocycles. The third-order valence-electron chi connectivity index (χ3n) is 10.5. The normalized spacial score (nSPS) is 29.4. The van der Waals surface area contributed by atoms with E-state index in [0.717, 1.165) is 30.0 Å². The second-order valence-corrected chi connectivity index (χ2v) is 12.8. The van der Waals surface area contributed by atoms with Crippen LogP contribution in [0.5, 0.6) is 0 Å². The van der Waals surface area contributed by atoms with E-state index >= 15 is 0 Å². The van der Waals surface area contributed by atoms with Crippen LogP contribution < -0.4 is 9.80 Å². The Labute approximate surface area is 272 Å². The number of aliphatic hydroxyl groups is 1. The van der Waals surface area contributed by atoms with Crippen LogP contribution in [0.3, 0.4) is 0 Å². The molecule has 0 radical (unpaired) electrons. The molecule has 0 saturated carbocycles. The van der Waals surface area contributed by atoms with Crippen molar-refractivity contribution < 1.29 is 24.2 Å². The van der Waals surface area contributed by atoms with Crippen molar-refractivity contribution in [1.29, 1.82) is 0 Å². The van der Waals surface area contributed by atoms with E-state index < -0.39 is 35.1 Å². The number of rotatable bonds is 10. The van der Waals surface area contributed by atoms with E-state index in [-0.39, 0.29) is 24.3 Å². The molecule has 1 N–H and O–H groups in total. The molecule has 2 aromatic rings. The van der Waals surface area contributed by atoms with Crippen LogP contribution in [0.4, 0.5) is 11.4 Å². The van der Waals surface area contributed by atoms with Crippen molar-refractivity contribution in [2.75, 3.05) is 42.6 Å². The zero-order valence-electron chi connectivity index (χ0n) is 27.3. The van der Waals surface area contributed by atoms with Gasteiger partial charge in [-0.25, -0.2) is 0 Å². The smallest absolute Gasteiger partial charge is 0.253 e. The van der Waals surface area contributed by atoms with Crippen molar-refractivity contribution >= 4 is 29.1 Å². The van der Waals surface area contributed by atoms with Crippen LogP contribution in [0.25, 0.3) is 0 Å². The van der Waals surface area contributed by atoms with E-state index in [2.05, 4.69) is 18.7 Å². The van der Waals surface area contributed by atoms with Crippen molar-refractivity contribution in [3.63, 3.8) is 0 Å². The second-order valence-electron chi connectivity index (χ2n) is 12.8. The van der Waals surface area contributed by atoms with Gasteiger partial charge in [-0.15, -0.1) is 0 Å². The number of amides is 3. The summed E-state index contributed by atoms with van der Waals surface area (Å²) >= 11 is 0. The highest BCUT2D eigenvalue weighted by atomic mass is 16.5. The minimum absolute atomic E-state index is 0.155. The average molecular weight is 627 g/mol. The van der Waals surface area contributed by atoms with E-state index in [0.29, 0.717) is 32.5 Å². The number of nitrogens with zero attached hydrogens (tertiary/aromatic N) is 4. The van der Waals surface area contributed by atoms with Crippen LogP contribution in [0.1, 0.15) is 46.1 Å². The van der Waals surface area contributed by atoms with E-state index in [1.54, 1.807) is 14.7 Å². The van der Waals surface area contributed by atoms with Crippen molar-refractivity contribution in [3.8, 4) is 0 Å². The Hall–Kier alpha value is -3.95. The van der Waals surface area contributed by atoms with Gasteiger partial charge in [-0.3, -0.25) is 14.4 Å². The highest BCUT2D eigenvalue weighted by Gasteiger charge is 2.75. The second kappa shape index (κ2) is 12.7. The summed E-state index contributed by atoms with van der Waals surface area (Å²) in [6.07, 6.45) is 8.62. The van der Waals surface area contributed by atoms with Gasteiger partial charge in [-0.05, 0) is 56.5 Å². The third-order valence-corrected chi connectivity index (χ3v) is 10.5. The van der Waals surface area contributed by atoms with Gasteiger partial charge in [0.15, 0.2) is 0 Å². The average Bonchev–Trinajstić information content (AvgIpc) is 3.38. The van der Waals surface area contributed by atoms with E-state index in [1.807, 2.05) is 92.7 Å². The van der Waals surface area contributed by atoms with Crippen LogP contribution in [0.15, 0.2) is 78.9 Å². The number of hydrogen-bond acceptors (Lipinski definition) is 6. The van der Waals surface area contributed by atoms with Crippen LogP contribution >= 0.6 is 0 Å². The van der Waals surface area contributed by atoms with E-state index in [1.165, 1.54) is 0 Å². The quantitative estimate of drug-likeness (QED) is 0.398. The number of likely N-dealkylation sites (tertiary alicyclic amines) is 1. The number of carbonyl (C=O) groups excluding carboxylic acids is 3. The first-order valence-corrected chi connectivity index (χ1v) is 16.8. The van der Waals surface area contributed by atoms with Gasteiger partial charge in [0, 0.05) is 44.1 Å². The molecule has 46 heavy (non-hydrogen) atoms. The predicted molar refractivity (Wildman–Crippen MR) is 178 cm³/mol. The molecule has 4 aliphatic heterocycles. The first-order valence-electron chi connectivity index (χ1n) is 16.8. The van der Waals surface area contributed by atoms with Crippen molar-refractivity contribution in [2.45, 2.75) is 70.4 Å². The summed E-state index contributed by atoms with van der Waals surface area (Å²) in [5, 5.41) is 10.5. The molecule has 9 nitrogen and oxygen atoms in total. The maximum Gasteiger partial charge on any atom is 0.253 e. The van der Waals surface area contributed by atoms with E-state index in [4.69, 9.17) is 4.74 Å². The summed E-state index contributed by atoms with van der Waals surface area (Å²) in [4.78, 5) is 51.5. The molecule has 9 heteroatoms. The number of fused-ring (bicyclic) bond motifs is 2. The van der Waals surface area contributed by atoms with Crippen LogP contribution in [0, 0.1) is 11.8 Å². The summed E-state index contributed by atoms with van der Waals surface area (Å²) in [5.41, 5.74) is 0.361. The topological polar surface area (TPSA) is 93.6 Å². The third kappa shape index (κ3) is 4.95. The Morgan fingerprint density at radius 1 is 0.870 bits per heavy atom. The fourth-order valence-corrected chi connectivity index (χ4v) is 8.17. The van der Waals surface area contributed by atoms with E-state index in [9.17, 15) is 19.5 Å². The van der Waals surface area contributed by atoms with Crippen molar-refractivity contribution in [1.82, 2.24) is 9.80 Å². The summed E-state index contributed by atoms with van der Waals surface area (Å²) in [7, 11) is 0. The standard InChI is InChI=1S/C37H46N4O5/c1-5-27(25-42)41-32-35(45)40(29-18-16-28(17-19-29)38(7-3)8-4)23-13-21-37(32)31(34(41)44)30-33(43)39(24-26-14-10-9-11-15-26)22-12-20-36(30,6-2)46-37/h9-21,27,30-32,42H,5-8,22-25H2,1-4H3/t27-,30-,31-,32?,36+,37-/m0/s1. The Kier molecular flexibility index (Phi) is 8.83. The Bertz CT molecular complexity index is 1500. The molecule has 0 bridgehead atoms. The largest absolute Gasteiger partial charge is 0.394 e. The Morgan fingerprint density at radius 2 is 1.57 bits per heavy atom. The number of benzene rings is 2. The van der Waals surface area contributed by atoms with Crippen LogP contribution in [-0.4, -0.2) is 88.7 Å². The highest BCUT2D eigenvalue weighted by molar-refractivity contribution is 6.06. The number of aliphatic hydroxyl groups excluding tert-OH is 1. The summed E-state index contributed by atoms with van der Waals surface area (Å²) < 4.78 is 7.10. The molecule has 0 aromatic heterocycles. The summed E-state index contributed by atoms with van der Waals surface area (Å²) in [5.74, 6) is -2.49.